The van der Waals surface area contributed by atoms with Crippen LogP contribution >= 0.6 is 11.6 Å². The van der Waals surface area contributed by atoms with Crippen LogP contribution in [0.25, 0.3) is 0 Å². The molecule has 17 heavy (non-hydrogen) atoms. The molecule has 100 valence electrons. The van der Waals surface area contributed by atoms with Crippen molar-refractivity contribution in [3.63, 3.8) is 0 Å². The molecule has 0 spiro atoms. The minimum atomic E-state index is -1.14. The Hall–Kier alpha value is -0.650. The van der Waals surface area contributed by atoms with Crippen molar-refractivity contribution >= 4 is 23.4 Å². The highest BCUT2D eigenvalue weighted by atomic mass is 35.5. The molecule has 0 rings (SSSR count). The second kappa shape index (κ2) is 8.44. The van der Waals surface area contributed by atoms with Gasteiger partial charge >= 0.3 is 5.97 Å². The van der Waals surface area contributed by atoms with E-state index in [1.54, 1.807) is 13.8 Å². The lowest BCUT2D eigenvalue weighted by Gasteiger charge is -2.30. The van der Waals surface area contributed by atoms with Gasteiger partial charge < -0.3 is 14.2 Å². The maximum absolute atomic E-state index is 11.6. The molecule has 0 saturated carbocycles. The van der Waals surface area contributed by atoms with E-state index < -0.39 is 11.8 Å². The fourth-order valence-electron chi connectivity index (χ4n) is 1.39. The number of methoxy groups -OCH3 is 1. The third-order valence-electron chi connectivity index (χ3n) is 2.05. The van der Waals surface area contributed by atoms with Gasteiger partial charge in [-0.25, -0.2) is 0 Å². The summed E-state index contributed by atoms with van der Waals surface area (Å²) < 4.78 is 15.2. The number of halogens is 1. The monoisotopic (exact) mass is 266 g/mol. The van der Waals surface area contributed by atoms with Crippen LogP contribution in [-0.4, -0.2) is 43.7 Å². The molecule has 0 aliphatic rings. The Morgan fingerprint density at radius 1 is 1.18 bits per heavy atom. The number of carbonyl (C=O) groups excluding carboxylic acids is 2. The minimum absolute atomic E-state index is 0.0294. The Morgan fingerprint density at radius 2 is 1.71 bits per heavy atom. The predicted octanol–water partition coefficient (Wildman–Crippen LogP) is 1.52. The molecule has 0 atom stereocenters. The molecule has 0 saturated heterocycles. The molecule has 0 unspecified atom stereocenters. The Balaban J connectivity index is 4.50. The average Bonchev–Trinajstić information content (AvgIpc) is 2.29. The van der Waals surface area contributed by atoms with Crippen molar-refractivity contribution in [1.29, 1.82) is 0 Å². The van der Waals surface area contributed by atoms with Crippen LogP contribution in [0.4, 0.5) is 0 Å². The zero-order valence-electron chi connectivity index (χ0n) is 10.5. The summed E-state index contributed by atoms with van der Waals surface area (Å²) in [4.78, 5) is 22.6. The van der Waals surface area contributed by atoms with Gasteiger partial charge in [-0.1, -0.05) is 0 Å². The number of ketones is 1. The van der Waals surface area contributed by atoms with Gasteiger partial charge in [0.05, 0.1) is 19.4 Å². The van der Waals surface area contributed by atoms with Crippen molar-refractivity contribution in [3.8, 4) is 0 Å². The standard InChI is InChI=1S/C11H19ClO5/c1-4-16-11(8-12,17-5-2)7-9(13)6-10(14)15-3/h4-8H2,1-3H3. The first-order chi connectivity index (χ1) is 8.03. The van der Waals surface area contributed by atoms with Gasteiger partial charge in [0.25, 0.3) is 0 Å². The van der Waals surface area contributed by atoms with Crippen molar-refractivity contribution in [2.45, 2.75) is 32.5 Å². The molecule has 0 radical (unpaired) electrons. The highest BCUT2D eigenvalue weighted by Crippen LogP contribution is 2.21. The molecule has 0 aromatic rings. The third kappa shape index (κ3) is 6.00. The van der Waals surface area contributed by atoms with Crippen LogP contribution in [0.2, 0.25) is 0 Å². The van der Waals surface area contributed by atoms with E-state index in [-0.39, 0.29) is 24.5 Å². The lowest BCUT2D eigenvalue weighted by molar-refractivity contribution is -0.220. The summed E-state index contributed by atoms with van der Waals surface area (Å²) >= 11 is 5.78. The van der Waals surface area contributed by atoms with E-state index in [0.717, 1.165) is 0 Å². The molecule has 5 nitrogen and oxygen atoms in total. The van der Waals surface area contributed by atoms with Crippen LogP contribution in [0.1, 0.15) is 26.7 Å². The SMILES string of the molecule is CCOC(CCl)(CC(=O)CC(=O)OC)OCC. The summed E-state index contributed by atoms with van der Waals surface area (Å²) in [6.45, 7) is 4.31. The van der Waals surface area contributed by atoms with Crippen molar-refractivity contribution in [1.82, 2.24) is 0 Å². The van der Waals surface area contributed by atoms with Crippen molar-refractivity contribution in [2.75, 3.05) is 26.2 Å². The second-order valence-corrected chi connectivity index (χ2v) is 3.65. The molecule has 0 aliphatic heterocycles. The van der Waals surface area contributed by atoms with Gasteiger partial charge in [0.2, 0.25) is 0 Å². The maximum atomic E-state index is 11.6. The number of carbonyl (C=O) groups is 2. The van der Waals surface area contributed by atoms with E-state index in [2.05, 4.69) is 4.74 Å². The van der Waals surface area contributed by atoms with Crippen molar-refractivity contribution < 1.29 is 23.8 Å². The smallest absolute Gasteiger partial charge is 0.313 e. The van der Waals surface area contributed by atoms with Crippen LogP contribution in [0, 0.1) is 0 Å². The first-order valence-corrected chi connectivity index (χ1v) is 5.99. The number of ether oxygens (including phenoxy) is 3. The van der Waals surface area contributed by atoms with Crippen LogP contribution in [-0.2, 0) is 23.8 Å². The molecule has 0 heterocycles. The van der Waals surface area contributed by atoms with Crippen LogP contribution in [0.5, 0.6) is 0 Å². The van der Waals surface area contributed by atoms with E-state index in [4.69, 9.17) is 21.1 Å². The van der Waals surface area contributed by atoms with Crippen LogP contribution in [0.15, 0.2) is 0 Å². The molecular weight excluding hydrogens is 248 g/mol. The van der Waals surface area contributed by atoms with Gasteiger partial charge in [0, 0.05) is 13.2 Å². The zero-order valence-corrected chi connectivity index (χ0v) is 11.2. The second-order valence-electron chi connectivity index (χ2n) is 3.38. The molecule has 0 aliphatic carbocycles. The summed E-state index contributed by atoms with van der Waals surface area (Å²) in [5, 5.41) is 0. The molecular formula is C11H19ClO5. The molecule has 0 aromatic carbocycles. The zero-order chi connectivity index (χ0) is 13.3. The van der Waals surface area contributed by atoms with Gasteiger partial charge in [-0.3, -0.25) is 9.59 Å². The van der Waals surface area contributed by atoms with E-state index in [1.165, 1.54) is 7.11 Å². The molecule has 0 aromatic heterocycles. The number of hydrogen-bond acceptors (Lipinski definition) is 5. The first-order valence-electron chi connectivity index (χ1n) is 5.46. The van der Waals surface area contributed by atoms with Crippen LogP contribution in [0.3, 0.4) is 0 Å². The largest absolute Gasteiger partial charge is 0.469 e. The molecule has 0 amide bonds. The molecule has 0 bridgehead atoms. The van der Waals surface area contributed by atoms with Crippen molar-refractivity contribution in [2.24, 2.45) is 0 Å². The van der Waals surface area contributed by atoms with Gasteiger partial charge in [-0.2, -0.15) is 0 Å². The fourth-order valence-corrected chi connectivity index (χ4v) is 1.64. The van der Waals surface area contributed by atoms with E-state index >= 15 is 0 Å². The number of hydrogen-bond donors (Lipinski definition) is 0. The number of Topliss-reactive ketones (excluding diaryl/α,β-unsaturated/α-hetero) is 1. The lowest BCUT2D eigenvalue weighted by Crippen LogP contribution is -2.41. The maximum Gasteiger partial charge on any atom is 0.313 e. The lowest BCUT2D eigenvalue weighted by atomic mass is 10.1. The third-order valence-corrected chi connectivity index (χ3v) is 2.46. The summed E-state index contributed by atoms with van der Waals surface area (Å²) in [5.74, 6) is -2.01. The van der Waals surface area contributed by atoms with Gasteiger partial charge in [-0.05, 0) is 13.8 Å². The van der Waals surface area contributed by atoms with Gasteiger partial charge in [0.15, 0.2) is 5.79 Å². The normalized spacial score (nSPS) is 11.3. The highest BCUT2D eigenvalue weighted by molar-refractivity contribution is 6.18. The Bertz CT molecular complexity index is 248. The Kier molecular flexibility index (Phi) is 8.12. The molecule has 6 heteroatoms. The molecule has 0 N–H and O–H groups in total. The summed E-state index contributed by atoms with van der Waals surface area (Å²) in [6, 6.07) is 0. The fraction of sp³-hybridized carbons (Fsp3) is 0.818. The topological polar surface area (TPSA) is 61.8 Å². The predicted molar refractivity (Wildman–Crippen MR) is 63.0 cm³/mol. The highest BCUT2D eigenvalue weighted by Gasteiger charge is 2.34. The summed E-state index contributed by atoms with van der Waals surface area (Å²) in [5.41, 5.74) is 0. The van der Waals surface area contributed by atoms with E-state index in [9.17, 15) is 9.59 Å². The summed E-state index contributed by atoms with van der Waals surface area (Å²) in [6.07, 6.45) is -0.359. The Morgan fingerprint density at radius 3 is 2.06 bits per heavy atom. The quantitative estimate of drug-likeness (QED) is 0.274. The number of alkyl halides is 1. The van der Waals surface area contributed by atoms with Crippen LogP contribution < -0.4 is 0 Å². The van der Waals surface area contributed by atoms with E-state index in [1.807, 2.05) is 0 Å². The summed E-state index contributed by atoms with van der Waals surface area (Å²) in [7, 11) is 1.23. The molecule has 0 fully saturated rings. The number of esters is 1. The van der Waals surface area contributed by atoms with Gasteiger partial charge in [0.1, 0.15) is 12.2 Å². The number of rotatable bonds is 9. The van der Waals surface area contributed by atoms with E-state index in [0.29, 0.717) is 13.2 Å². The average molecular weight is 267 g/mol. The van der Waals surface area contributed by atoms with Crippen molar-refractivity contribution in [3.05, 3.63) is 0 Å². The van der Waals surface area contributed by atoms with Gasteiger partial charge in [-0.15, -0.1) is 11.6 Å². The Labute approximate surface area is 106 Å². The minimum Gasteiger partial charge on any atom is -0.469 e. The first kappa shape index (κ1) is 16.4.